The van der Waals surface area contributed by atoms with Crippen molar-refractivity contribution in [3.05, 3.63) is 23.8 Å². The van der Waals surface area contributed by atoms with Gasteiger partial charge in [-0.25, -0.2) is 14.4 Å². The van der Waals surface area contributed by atoms with Gasteiger partial charge in [-0.1, -0.05) is 32.8 Å². The number of hydrogen-bond acceptors (Lipinski definition) is 11. The molecular weight excluding hydrogens is 526 g/mol. The topological polar surface area (TPSA) is 170 Å². The third kappa shape index (κ3) is 12.5. The molecule has 12 nitrogen and oxygen atoms in total. The average molecular weight is 570 g/mol. The zero-order valence-corrected chi connectivity index (χ0v) is 24.4. The zero-order chi connectivity index (χ0) is 30.5. The number of ether oxygens (including phenoxy) is 6. The van der Waals surface area contributed by atoms with Gasteiger partial charge in [0.05, 0.1) is 6.10 Å². The van der Waals surface area contributed by atoms with E-state index in [1.807, 2.05) is 13.8 Å². The lowest BCUT2D eigenvalue weighted by molar-refractivity contribution is -0.144. The Kier molecular flexibility index (Phi) is 14.3. The summed E-state index contributed by atoms with van der Waals surface area (Å²) in [5.74, 6) is -1.67. The Balaban J connectivity index is 3.20. The van der Waals surface area contributed by atoms with Crippen LogP contribution in [0.4, 0.5) is 14.4 Å². The molecule has 0 fully saturated rings. The summed E-state index contributed by atoms with van der Waals surface area (Å²) in [5, 5.41) is 9.90. The predicted molar refractivity (Wildman–Crippen MR) is 144 cm³/mol. The fourth-order valence-electron chi connectivity index (χ4n) is 3.85. The number of benzene rings is 1. The Bertz CT molecular complexity index is 996. The number of hydrogen-bond donors (Lipinski definition) is 2. The Morgan fingerprint density at radius 1 is 0.775 bits per heavy atom. The molecule has 0 aromatic heterocycles. The highest BCUT2D eigenvalue weighted by molar-refractivity contribution is 5.79. The van der Waals surface area contributed by atoms with E-state index in [-0.39, 0.29) is 24.3 Å². The number of carbonyl (C=O) groups is 4. The van der Waals surface area contributed by atoms with Gasteiger partial charge in [0.1, 0.15) is 23.9 Å². The number of rotatable bonds is 15. The number of carboxylic acid groups (broad SMARTS) is 1. The van der Waals surface area contributed by atoms with E-state index in [0.717, 1.165) is 12.8 Å². The second-order valence-corrected chi connectivity index (χ2v) is 10.1. The molecule has 1 aromatic carbocycles. The first kappa shape index (κ1) is 34.5. The number of aliphatic carboxylic acids is 1. The van der Waals surface area contributed by atoms with Crippen molar-refractivity contribution < 1.29 is 52.7 Å². The summed E-state index contributed by atoms with van der Waals surface area (Å²) in [6.07, 6.45) is -2.75. The lowest BCUT2D eigenvalue weighted by Crippen LogP contribution is -2.52. The molecule has 1 rings (SSSR count). The highest BCUT2D eigenvalue weighted by atomic mass is 16.8. The summed E-state index contributed by atoms with van der Waals surface area (Å²) < 4.78 is 31.1. The molecule has 0 aliphatic carbocycles. The number of nitrogens with two attached hydrogens (primary N) is 1. The molecule has 226 valence electrons. The van der Waals surface area contributed by atoms with E-state index >= 15 is 0 Å². The molecule has 0 amide bonds. The van der Waals surface area contributed by atoms with Gasteiger partial charge in [-0.15, -0.1) is 0 Å². The van der Waals surface area contributed by atoms with Crippen molar-refractivity contribution in [2.45, 2.75) is 117 Å². The molecular formula is C28H43NO11. The molecule has 0 saturated carbocycles. The molecule has 1 aromatic rings. The fraction of sp³-hybridized carbons (Fsp3) is 0.643. The predicted octanol–water partition coefficient (Wildman–Crippen LogP) is 5.76. The minimum atomic E-state index is -1.87. The van der Waals surface area contributed by atoms with Crippen LogP contribution in [0.3, 0.4) is 0 Å². The van der Waals surface area contributed by atoms with Crippen LogP contribution in [-0.2, 0) is 30.2 Å². The maximum Gasteiger partial charge on any atom is 0.514 e. The van der Waals surface area contributed by atoms with Crippen molar-refractivity contribution >= 4 is 24.4 Å². The quantitative estimate of drug-likeness (QED) is 0.149. The molecule has 4 atom stereocenters. The van der Waals surface area contributed by atoms with Crippen molar-refractivity contribution in [1.29, 1.82) is 0 Å². The van der Waals surface area contributed by atoms with Gasteiger partial charge >= 0.3 is 24.4 Å². The van der Waals surface area contributed by atoms with Gasteiger partial charge in [-0.05, 0) is 65.2 Å². The third-order valence-electron chi connectivity index (χ3n) is 5.61. The minimum Gasteiger partial charge on any atom is -0.480 e. The maximum absolute atomic E-state index is 12.4. The van der Waals surface area contributed by atoms with Crippen LogP contribution in [0, 0.1) is 0 Å². The van der Waals surface area contributed by atoms with Gasteiger partial charge in [0, 0.05) is 12.8 Å². The Labute approximate surface area is 235 Å². The van der Waals surface area contributed by atoms with Crippen LogP contribution in [-0.4, -0.2) is 59.5 Å². The summed E-state index contributed by atoms with van der Waals surface area (Å²) in [6.45, 7) is 12.1. The van der Waals surface area contributed by atoms with Crippen molar-refractivity contribution in [2.24, 2.45) is 5.73 Å². The van der Waals surface area contributed by atoms with Crippen molar-refractivity contribution in [3.63, 3.8) is 0 Å². The van der Waals surface area contributed by atoms with E-state index in [2.05, 4.69) is 0 Å². The summed E-state index contributed by atoms with van der Waals surface area (Å²) in [6, 6.07) is 4.13. The molecule has 0 radical (unpaired) electrons. The standard InChI is InChI=1S/C28H43NO11/c1-8-10-18(5)36-26(33)39-22-13-12-21(14-23(22)40-27(34)37-19(6)11-9-2)16-28(29,24(30)31)15-20(7)38-25(32)35-17(3)4/h12-14,17-20H,8-11,15-16,29H2,1-7H3,(H,30,31)/t18?,19?,20-,28?/m0/s1. The summed E-state index contributed by atoms with van der Waals surface area (Å²) in [5.41, 5.74) is 4.70. The average Bonchev–Trinajstić information content (AvgIpc) is 2.79. The van der Waals surface area contributed by atoms with Crippen LogP contribution in [0.15, 0.2) is 18.2 Å². The SMILES string of the molecule is CCCC(C)OC(=O)Oc1ccc(CC(N)(C[C@H](C)OC(=O)OC(C)C)C(=O)O)cc1OC(=O)OC(C)CCC. The van der Waals surface area contributed by atoms with E-state index in [1.54, 1.807) is 27.7 Å². The molecule has 0 heterocycles. The molecule has 12 heteroatoms. The van der Waals surface area contributed by atoms with Crippen molar-refractivity contribution in [3.8, 4) is 11.5 Å². The highest BCUT2D eigenvalue weighted by Gasteiger charge is 2.37. The molecule has 0 bridgehead atoms. The van der Waals surface area contributed by atoms with Gasteiger partial charge in [-0.3, -0.25) is 4.79 Å². The van der Waals surface area contributed by atoms with E-state index < -0.39 is 54.4 Å². The largest absolute Gasteiger partial charge is 0.514 e. The minimum absolute atomic E-state index is 0.136. The molecule has 0 spiro atoms. The van der Waals surface area contributed by atoms with Crippen LogP contribution in [0.2, 0.25) is 0 Å². The van der Waals surface area contributed by atoms with Crippen LogP contribution in [0.5, 0.6) is 11.5 Å². The van der Waals surface area contributed by atoms with Crippen molar-refractivity contribution in [1.82, 2.24) is 0 Å². The third-order valence-corrected chi connectivity index (χ3v) is 5.61. The van der Waals surface area contributed by atoms with Crippen LogP contribution >= 0.6 is 0 Å². The van der Waals surface area contributed by atoms with E-state index in [9.17, 15) is 24.3 Å². The summed E-state index contributed by atoms with van der Waals surface area (Å²) in [7, 11) is 0. The first-order valence-electron chi connectivity index (χ1n) is 13.5. The van der Waals surface area contributed by atoms with Gasteiger partial charge in [-0.2, -0.15) is 0 Å². The molecule has 0 saturated heterocycles. The number of carbonyl (C=O) groups excluding carboxylic acids is 3. The normalized spacial score (nSPS) is 14.7. The Hall–Kier alpha value is -3.54. The van der Waals surface area contributed by atoms with Gasteiger partial charge in [0.25, 0.3) is 0 Å². The first-order chi connectivity index (χ1) is 18.7. The summed E-state index contributed by atoms with van der Waals surface area (Å²) in [4.78, 5) is 48.7. The van der Waals surface area contributed by atoms with Crippen LogP contribution < -0.4 is 15.2 Å². The molecule has 0 aliphatic rings. The molecule has 3 unspecified atom stereocenters. The van der Waals surface area contributed by atoms with E-state index in [0.29, 0.717) is 18.4 Å². The zero-order valence-electron chi connectivity index (χ0n) is 24.4. The Morgan fingerprint density at radius 3 is 1.75 bits per heavy atom. The van der Waals surface area contributed by atoms with Crippen LogP contribution in [0.25, 0.3) is 0 Å². The lowest BCUT2D eigenvalue weighted by atomic mass is 9.86. The smallest absolute Gasteiger partial charge is 0.480 e. The molecule has 3 N–H and O–H groups in total. The molecule has 0 aliphatic heterocycles. The highest BCUT2D eigenvalue weighted by Crippen LogP contribution is 2.32. The van der Waals surface area contributed by atoms with Gasteiger partial charge in [0.15, 0.2) is 11.5 Å². The second kappa shape index (κ2) is 16.5. The summed E-state index contributed by atoms with van der Waals surface area (Å²) >= 11 is 0. The molecule has 40 heavy (non-hydrogen) atoms. The van der Waals surface area contributed by atoms with Gasteiger partial charge in [0.2, 0.25) is 0 Å². The monoisotopic (exact) mass is 569 g/mol. The second-order valence-electron chi connectivity index (χ2n) is 10.1. The lowest BCUT2D eigenvalue weighted by Gasteiger charge is -2.28. The van der Waals surface area contributed by atoms with E-state index in [1.165, 1.54) is 25.1 Å². The first-order valence-corrected chi connectivity index (χ1v) is 13.5. The number of carboxylic acids is 1. The fourth-order valence-corrected chi connectivity index (χ4v) is 3.85. The maximum atomic E-state index is 12.4. The Morgan fingerprint density at radius 2 is 1.27 bits per heavy atom. The van der Waals surface area contributed by atoms with E-state index in [4.69, 9.17) is 34.2 Å². The van der Waals surface area contributed by atoms with Crippen molar-refractivity contribution in [2.75, 3.05) is 0 Å². The van der Waals surface area contributed by atoms with Gasteiger partial charge < -0.3 is 39.3 Å². The van der Waals surface area contributed by atoms with Crippen LogP contribution in [0.1, 0.15) is 86.1 Å².